The molecule has 7 nitrogen and oxygen atoms in total. The van der Waals surface area contributed by atoms with E-state index in [1.807, 2.05) is 30.3 Å². The predicted octanol–water partition coefficient (Wildman–Crippen LogP) is 5.46. The van der Waals surface area contributed by atoms with Crippen LogP contribution in [0.4, 0.5) is 15.8 Å². The number of nitrogens with zero attached hydrogens (tertiary/aromatic N) is 1. The third-order valence-electron chi connectivity index (χ3n) is 5.17. The fourth-order valence-corrected chi connectivity index (χ4v) is 4.82. The molecule has 0 aliphatic heterocycles. The molecule has 184 valence electrons. The molecule has 0 bridgehead atoms. The second kappa shape index (κ2) is 10.9. The van der Waals surface area contributed by atoms with Crippen molar-refractivity contribution in [2.24, 2.45) is 0 Å². The summed E-state index contributed by atoms with van der Waals surface area (Å²) in [5, 5.41) is 2.65. The SMILES string of the molecule is COc1ccc(S(=O)(=O)N(CC(=O)Nc2ccc(Oc3ccccc3)cc2)c2ccccc2F)cc1. The number of methoxy groups -OCH3 is 1. The summed E-state index contributed by atoms with van der Waals surface area (Å²) >= 11 is 0. The minimum Gasteiger partial charge on any atom is -0.497 e. The highest BCUT2D eigenvalue weighted by Crippen LogP contribution is 2.28. The maximum Gasteiger partial charge on any atom is 0.264 e. The van der Waals surface area contributed by atoms with Crippen LogP contribution in [0, 0.1) is 5.82 Å². The van der Waals surface area contributed by atoms with Gasteiger partial charge in [-0.25, -0.2) is 12.8 Å². The van der Waals surface area contributed by atoms with E-state index < -0.39 is 28.3 Å². The first kappa shape index (κ1) is 24.7. The second-order valence-corrected chi connectivity index (χ2v) is 9.49. The van der Waals surface area contributed by atoms with Crippen molar-refractivity contribution in [3.63, 3.8) is 0 Å². The summed E-state index contributed by atoms with van der Waals surface area (Å²) in [6.45, 7) is -0.641. The van der Waals surface area contributed by atoms with E-state index >= 15 is 0 Å². The molecule has 0 radical (unpaired) electrons. The van der Waals surface area contributed by atoms with Gasteiger partial charge in [0.25, 0.3) is 10.0 Å². The maximum atomic E-state index is 14.6. The van der Waals surface area contributed by atoms with Crippen LogP contribution >= 0.6 is 0 Å². The molecule has 4 rings (SSSR count). The molecule has 0 aliphatic rings. The van der Waals surface area contributed by atoms with Gasteiger partial charge in [-0.3, -0.25) is 9.10 Å². The van der Waals surface area contributed by atoms with Gasteiger partial charge in [0.2, 0.25) is 5.91 Å². The van der Waals surface area contributed by atoms with Gasteiger partial charge < -0.3 is 14.8 Å². The molecular formula is C27H23FN2O5S. The van der Waals surface area contributed by atoms with Crippen molar-refractivity contribution in [3.05, 3.63) is 109 Å². The number of benzene rings is 4. The number of carbonyl (C=O) groups excluding carboxylic acids is 1. The number of anilines is 2. The van der Waals surface area contributed by atoms with E-state index in [1.165, 1.54) is 49.6 Å². The number of sulfonamides is 1. The fourth-order valence-electron chi connectivity index (χ4n) is 3.39. The molecule has 9 heteroatoms. The molecule has 0 saturated heterocycles. The molecule has 0 atom stereocenters. The summed E-state index contributed by atoms with van der Waals surface area (Å²) in [6, 6.07) is 26.8. The van der Waals surface area contributed by atoms with Crippen LogP contribution in [0.15, 0.2) is 108 Å². The molecule has 0 aliphatic carbocycles. The fraction of sp³-hybridized carbons (Fsp3) is 0.0741. The average Bonchev–Trinajstić information content (AvgIpc) is 2.89. The van der Waals surface area contributed by atoms with Gasteiger partial charge in [0.05, 0.1) is 17.7 Å². The van der Waals surface area contributed by atoms with Gasteiger partial charge in [0.15, 0.2) is 0 Å². The molecule has 1 amide bonds. The molecule has 0 saturated carbocycles. The maximum absolute atomic E-state index is 14.6. The Kier molecular flexibility index (Phi) is 7.50. The quantitative estimate of drug-likeness (QED) is 0.326. The van der Waals surface area contributed by atoms with Gasteiger partial charge in [-0.1, -0.05) is 30.3 Å². The summed E-state index contributed by atoms with van der Waals surface area (Å²) in [7, 11) is -2.82. The molecule has 0 unspecified atom stereocenters. The number of hydrogen-bond acceptors (Lipinski definition) is 5. The summed E-state index contributed by atoms with van der Waals surface area (Å²) in [5.41, 5.74) is 0.186. The molecule has 36 heavy (non-hydrogen) atoms. The normalized spacial score (nSPS) is 10.9. The Morgan fingerprint density at radius 1 is 0.806 bits per heavy atom. The number of para-hydroxylation sites is 2. The summed E-state index contributed by atoms with van der Waals surface area (Å²) in [6.07, 6.45) is 0. The first-order valence-electron chi connectivity index (χ1n) is 10.9. The molecule has 0 aromatic heterocycles. The molecule has 4 aromatic rings. The number of hydrogen-bond donors (Lipinski definition) is 1. The van der Waals surface area contributed by atoms with Crippen LogP contribution in [0.5, 0.6) is 17.2 Å². The zero-order valence-corrected chi connectivity index (χ0v) is 20.1. The molecule has 0 heterocycles. The lowest BCUT2D eigenvalue weighted by molar-refractivity contribution is -0.114. The highest BCUT2D eigenvalue weighted by Gasteiger charge is 2.29. The number of carbonyl (C=O) groups is 1. The predicted molar refractivity (Wildman–Crippen MR) is 136 cm³/mol. The van der Waals surface area contributed by atoms with Crippen LogP contribution in [0.3, 0.4) is 0 Å². The summed E-state index contributed by atoms with van der Waals surface area (Å²) < 4.78 is 53.0. The number of amides is 1. The summed E-state index contributed by atoms with van der Waals surface area (Å²) in [5.74, 6) is 0.272. The molecule has 1 N–H and O–H groups in total. The highest BCUT2D eigenvalue weighted by molar-refractivity contribution is 7.92. The van der Waals surface area contributed by atoms with Crippen molar-refractivity contribution in [2.75, 3.05) is 23.3 Å². The van der Waals surface area contributed by atoms with Crippen molar-refractivity contribution in [1.29, 1.82) is 0 Å². The van der Waals surface area contributed by atoms with E-state index in [0.29, 0.717) is 22.9 Å². The number of nitrogens with one attached hydrogen (secondary N) is 1. The van der Waals surface area contributed by atoms with Gasteiger partial charge in [0.1, 0.15) is 29.6 Å². The Labute approximate surface area is 208 Å². The van der Waals surface area contributed by atoms with Crippen LogP contribution < -0.4 is 19.1 Å². The molecule has 0 spiro atoms. The van der Waals surface area contributed by atoms with Gasteiger partial charge in [-0.15, -0.1) is 0 Å². The van der Waals surface area contributed by atoms with E-state index in [2.05, 4.69) is 5.32 Å². The smallest absolute Gasteiger partial charge is 0.264 e. The lowest BCUT2D eigenvalue weighted by atomic mass is 10.3. The molecule has 0 fully saturated rings. The van der Waals surface area contributed by atoms with Crippen LogP contribution in [-0.2, 0) is 14.8 Å². The van der Waals surface area contributed by atoms with E-state index in [1.54, 1.807) is 24.3 Å². The minimum absolute atomic E-state index is 0.109. The van der Waals surface area contributed by atoms with Crippen LogP contribution in [0.2, 0.25) is 0 Å². The van der Waals surface area contributed by atoms with Gasteiger partial charge in [-0.2, -0.15) is 0 Å². The Bertz CT molecular complexity index is 1430. The Hall–Kier alpha value is -4.37. The largest absolute Gasteiger partial charge is 0.497 e. The van der Waals surface area contributed by atoms with Crippen molar-refractivity contribution in [2.45, 2.75) is 4.90 Å². The van der Waals surface area contributed by atoms with E-state index in [4.69, 9.17) is 9.47 Å². The monoisotopic (exact) mass is 506 g/mol. The van der Waals surface area contributed by atoms with Gasteiger partial charge in [-0.05, 0) is 72.8 Å². The van der Waals surface area contributed by atoms with Gasteiger partial charge in [0, 0.05) is 5.69 Å². The first-order valence-corrected chi connectivity index (χ1v) is 12.3. The van der Waals surface area contributed by atoms with Crippen LogP contribution in [0.1, 0.15) is 0 Å². The Morgan fingerprint density at radius 3 is 2.03 bits per heavy atom. The topological polar surface area (TPSA) is 84.9 Å². The number of ether oxygens (including phenoxy) is 2. The van der Waals surface area contributed by atoms with Crippen LogP contribution in [0.25, 0.3) is 0 Å². The third kappa shape index (κ3) is 5.81. The first-order chi connectivity index (χ1) is 17.4. The van der Waals surface area contributed by atoms with Crippen molar-refractivity contribution in [3.8, 4) is 17.2 Å². The highest BCUT2D eigenvalue weighted by atomic mass is 32.2. The zero-order chi connectivity index (χ0) is 25.5. The third-order valence-corrected chi connectivity index (χ3v) is 6.95. The van der Waals surface area contributed by atoms with E-state index in [9.17, 15) is 17.6 Å². The summed E-state index contributed by atoms with van der Waals surface area (Å²) in [4.78, 5) is 12.8. The minimum atomic E-state index is -4.27. The Morgan fingerprint density at radius 2 is 1.39 bits per heavy atom. The number of rotatable bonds is 9. The zero-order valence-electron chi connectivity index (χ0n) is 19.3. The van der Waals surface area contributed by atoms with E-state index in [0.717, 1.165) is 10.4 Å². The van der Waals surface area contributed by atoms with Crippen molar-refractivity contribution >= 4 is 27.3 Å². The van der Waals surface area contributed by atoms with Crippen LogP contribution in [-0.4, -0.2) is 28.0 Å². The van der Waals surface area contributed by atoms with Crippen molar-refractivity contribution in [1.82, 2.24) is 0 Å². The van der Waals surface area contributed by atoms with Crippen molar-refractivity contribution < 1.29 is 27.1 Å². The lowest BCUT2D eigenvalue weighted by Crippen LogP contribution is -2.38. The standard InChI is InChI=1S/C27H23FN2O5S/c1-34-21-15-17-24(18-16-21)36(32,33)30(26-10-6-5-9-25(26)28)19-27(31)29-20-11-13-23(14-12-20)35-22-7-3-2-4-8-22/h2-18H,19H2,1H3,(H,29,31). The molecular weight excluding hydrogens is 483 g/mol. The number of halogens is 1. The van der Waals surface area contributed by atoms with E-state index in [-0.39, 0.29) is 10.6 Å². The second-order valence-electron chi connectivity index (χ2n) is 7.63. The lowest BCUT2D eigenvalue weighted by Gasteiger charge is -2.24. The average molecular weight is 507 g/mol. The Balaban J connectivity index is 1.54. The molecule has 4 aromatic carbocycles. The van der Waals surface area contributed by atoms with Gasteiger partial charge >= 0.3 is 0 Å².